The van der Waals surface area contributed by atoms with Crippen LogP contribution in [-0.2, 0) is 4.74 Å². The number of methoxy groups -OCH3 is 2. The fourth-order valence-corrected chi connectivity index (χ4v) is 4.94. The van der Waals surface area contributed by atoms with Gasteiger partial charge in [0.25, 0.3) is 0 Å². The molecule has 0 saturated carbocycles. The average molecular weight is 564 g/mol. The molecule has 0 bridgehead atoms. The van der Waals surface area contributed by atoms with Gasteiger partial charge in [-0.05, 0) is 38.5 Å². The highest BCUT2D eigenvalue weighted by Crippen LogP contribution is 2.37. The Morgan fingerprint density at radius 3 is 2.58 bits per heavy atom. The third kappa shape index (κ3) is 5.71. The van der Waals surface area contributed by atoms with Crippen LogP contribution in [0.1, 0.15) is 19.4 Å². The zero-order chi connectivity index (χ0) is 28.4. The van der Waals surface area contributed by atoms with E-state index in [-0.39, 0.29) is 5.75 Å². The van der Waals surface area contributed by atoms with E-state index < -0.39 is 24.1 Å². The summed E-state index contributed by atoms with van der Waals surface area (Å²) in [4.78, 5) is 30.0. The zero-order valence-corrected chi connectivity index (χ0v) is 23.2. The molecule has 0 spiro atoms. The lowest BCUT2D eigenvalue weighted by atomic mass is 10.1. The molecule has 0 fully saturated rings. The van der Waals surface area contributed by atoms with E-state index in [4.69, 9.17) is 18.9 Å². The second-order valence-electron chi connectivity index (χ2n) is 9.03. The van der Waals surface area contributed by atoms with Crippen LogP contribution in [0.5, 0.6) is 17.4 Å². The summed E-state index contributed by atoms with van der Waals surface area (Å²) in [5.74, 6) is 0.360. The molecule has 0 saturated heterocycles. The first-order valence-corrected chi connectivity index (χ1v) is 13.1. The number of nitrogens with zero attached hydrogens (tertiary/aromatic N) is 4. The van der Waals surface area contributed by atoms with Gasteiger partial charge in [-0.3, -0.25) is 10.3 Å². The number of carbonyl (C=O) groups excluding carboxylic acids is 1. The number of aromatic nitrogens is 4. The lowest BCUT2D eigenvalue weighted by molar-refractivity contribution is 0.0402. The Kier molecular flexibility index (Phi) is 7.60. The number of carbonyl (C=O) groups is 1. The number of hydrogen-bond acceptors (Lipinski definition) is 10. The second kappa shape index (κ2) is 11.3. The second-order valence-corrected chi connectivity index (χ2v) is 10.1. The molecule has 5 rings (SSSR count). The molecule has 0 aliphatic heterocycles. The summed E-state index contributed by atoms with van der Waals surface area (Å²) in [6, 6.07) is 8.44. The van der Waals surface area contributed by atoms with Crippen LogP contribution in [0.2, 0.25) is 0 Å². The minimum Gasteiger partial charge on any atom is -0.495 e. The maximum atomic E-state index is 15.0. The molecule has 0 radical (unpaired) electrons. The van der Waals surface area contributed by atoms with E-state index in [2.05, 4.69) is 25.3 Å². The number of aryl methyl sites for hydroxylation is 1. The highest BCUT2D eigenvalue weighted by atomic mass is 32.1. The molecule has 1 N–H and O–H groups in total. The number of anilines is 1. The fraction of sp³-hybridized carbons (Fsp3) is 0.250. The molecule has 0 aliphatic rings. The summed E-state index contributed by atoms with van der Waals surface area (Å²) in [5.41, 5.74) is 4.03. The fourth-order valence-electron chi connectivity index (χ4n) is 3.95. The molecule has 5 aromatic rings. The van der Waals surface area contributed by atoms with Crippen molar-refractivity contribution in [2.45, 2.75) is 33.0 Å². The van der Waals surface area contributed by atoms with Crippen molar-refractivity contribution < 1.29 is 28.1 Å². The summed E-state index contributed by atoms with van der Waals surface area (Å²) >= 11 is 1.39. The zero-order valence-electron chi connectivity index (χ0n) is 22.4. The molecule has 2 aromatic carbocycles. The van der Waals surface area contributed by atoms with Gasteiger partial charge in [0.1, 0.15) is 23.0 Å². The van der Waals surface area contributed by atoms with Crippen LogP contribution in [0, 0.1) is 12.7 Å². The van der Waals surface area contributed by atoms with E-state index in [0.29, 0.717) is 38.9 Å². The van der Waals surface area contributed by atoms with Gasteiger partial charge in [0.2, 0.25) is 5.88 Å². The van der Waals surface area contributed by atoms with Gasteiger partial charge in [-0.15, -0.1) is 11.3 Å². The molecule has 10 nitrogen and oxygen atoms in total. The van der Waals surface area contributed by atoms with Gasteiger partial charge in [-0.25, -0.2) is 24.1 Å². The summed E-state index contributed by atoms with van der Waals surface area (Å²) in [6.45, 7) is 5.31. The molecule has 3 heterocycles. The molecule has 0 unspecified atom stereocenters. The first kappa shape index (κ1) is 27.0. The average Bonchev–Trinajstić information content (AvgIpc) is 3.34. The Balaban J connectivity index is 1.33. The topological polar surface area (TPSA) is 118 Å². The molecule has 3 aromatic heterocycles. The smallest absolute Gasteiger partial charge is 0.412 e. The molecular formula is C28H26FN5O5S. The van der Waals surface area contributed by atoms with E-state index >= 15 is 4.39 Å². The van der Waals surface area contributed by atoms with Gasteiger partial charge >= 0.3 is 6.09 Å². The Bertz CT molecular complexity index is 1710. The van der Waals surface area contributed by atoms with Crippen LogP contribution in [-0.4, -0.2) is 52.5 Å². The third-order valence-electron chi connectivity index (χ3n) is 6.11. The Labute approximate surface area is 233 Å². The Hall–Kier alpha value is -4.58. The number of amides is 1. The number of benzene rings is 2. The lowest BCUT2D eigenvalue weighted by Gasteiger charge is -2.22. The number of thiazole rings is 1. The predicted molar refractivity (Wildman–Crippen MR) is 150 cm³/mol. The number of ether oxygens (including phenoxy) is 4. The first-order valence-electron chi connectivity index (χ1n) is 12.3. The van der Waals surface area contributed by atoms with Gasteiger partial charge in [0.15, 0.2) is 11.6 Å². The van der Waals surface area contributed by atoms with Gasteiger partial charge in [-0.1, -0.05) is 0 Å². The third-order valence-corrected chi connectivity index (χ3v) is 7.16. The SMILES string of the molecule is COc1cncc(NC(=O)O[C@H](C)[C@H](C)Oc2cc3sc(-c4cc(C)cc5nc(OC)cnc45)nc3cc2F)c1. The van der Waals surface area contributed by atoms with E-state index in [1.165, 1.54) is 44.0 Å². The van der Waals surface area contributed by atoms with Crippen LogP contribution in [0.25, 0.3) is 31.8 Å². The number of rotatable bonds is 8. The number of nitrogens with one attached hydrogen (secondary N) is 1. The van der Waals surface area contributed by atoms with Crippen LogP contribution in [0.15, 0.2) is 48.9 Å². The maximum Gasteiger partial charge on any atom is 0.412 e. The van der Waals surface area contributed by atoms with Crippen LogP contribution < -0.4 is 19.5 Å². The number of hydrogen-bond donors (Lipinski definition) is 1. The quantitative estimate of drug-likeness (QED) is 0.236. The predicted octanol–water partition coefficient (Wildman–Crippen LogP) is 6.17. The Morgan fingerprint density at radius 2 is 1.80 bits per heavy atom. The van der Waals surface area contributed by atoms with Gasteiger partial charge in [0.05, 0.1) is 59.7 Å². The van der Waals surface area contributed by atoms with E-state index in [9.17, 15) is 4.79 Å². The summed E-state index contributed by atoms with van der Waals surface area (Å²) < 4.78 is 37.4. The maximum absolute atomic E-state index is 15.0. The molecule has 40 heavy (non-hydrogen) atoms. The minimum atomic E-state index is -0.702. The van der Waals surface area contributed by atoms with Crippen molar-refractivity contribution >= 4 is 44.4 Å². The van der Waals surface area contributed by atoms with E-state index in [0.717, 1.165) is 15.8 Å². The van der Waals surface area contributed by atoms with Crippen molar-refractivity contribution in [3.63, 3.8) is 0 Å². The summed E-state index contributed by atoms with van der Waals surface area (Å²) in [6.07, 6.45) is 2.48. The Morgan fingerprint density at radius 1 is 0.975 bits per heavy atom. The van der Waals surface area contributed by atoms with Crippen molar-refractivity contribution in [3.05, 3.63) is 60.3 Å². The standard InChI is InChI=1S/C28H26FN5O5S/c1-14-6-19(26-22(7-14)33-25(37-5)13-31-26)27-34-21-9-20(29)23(10-24(21)40-27)38-15(2)16(3)39-28(35)32-17-8-18(36-4)12-30-11-17/h6-13,15-16H,1-5H3,(H,32,35)/t15-,16+/m0/s1. The van der Waals surface area contributed by atoms with Crippen LogP contribution in [0.4, 0.5) is 14.9 Å². The summed E-state index contributed by atoms with van der Waals surface area (Å²) in [5, 5.41) is 3.26. The highest BCUT2D eigenvalue weighted by molar-refractivity contribution is 7.21. The number of fused-ring (bicyclic) bond motifs is 2. The normalized spacial score (nSPS) is 12.7. The molecule has 12 heteroatoms. The summed E-state index contributed by atoms with van der Waals surface area (Å²) in [7, 11) is 3.04. The monoisotopic (exact) mass is 563 g/mol. The van der Waals surface area contributed by atoms with Crippen LogP contribution in [0.3, 0.4) is 0 Å². The van der Waals surface area contributed by atoms with E-state index in [1.54, 1.807) is 32.2 Å². The van der Waals surface area contributed by atoms with Gasteiger partial charge in [0, 0.05) is 23.8 Å². The minimum absolute atomic E-state index is 0.0293. The van der Waals surface area contributed by atoms with Crippen molar-refractivity contribution in [1.29, 1.82) is 0 Å². The van der Waals surface area contributed by atoms with Crippen molar-refractivity contribution in [2.75, 3.05) is 19.5 Å². The van der Waals surface area contributed by atoms with Crippen LogP contribution >= 0.6 is 11.3 Å². The number of halogens is 1. The first-order chi connectivity index (χ1) is 19.2. The molecular weight excluding hydrogens is 537 g/mol. The molecule has 1 amide bonds. The van der Waals surface area contributed by atoms with Crippen molar-refractivity contribution in [1.82, 2.24) is 19.9 Å². The highest BCUT2D eigenvalue weighted by Gasteiger charge is 2.22. The van der Waals surface area contributed by atoms with Crippen molar-refractivity contribution in [3.8, 4) is 28.0 Å². The van der Waals surface area contributed by atoms with Crippen molar-refractivity contribution in [2.24, 2.45) is 0 Å². The molecule has 206 valence electrons. The lowest BCUT2D eigenvalue weighted by Crippen LogP contribution is -2.32. The van der Waals surface area contributed by atoms with E-state index in [1.807, 2.05) is 19.1 Å². The largest absolute Gasteiger partial charge is 0.495 e. The number of pyridine rings is 1. The van der Waals surface area contributed by atoms with Gasteiger partial charge in [-0.2, -0.15) is 0 Å². The molecule has 0 aliphatic carbocycles. The van der Waals surface area contributed by atoms with Gasteiger partial charge < -0.3 is 18.9 Å². The molecule has 2 atom stereocenters.